The van der Waals surface area contributed by atoms with Gasteiger partial charge in [0.05, 0.1) is 30.8 Å². The molecule has 0 saturated heterocycles. The monoisotopic (exact) mass is 568 g/mol. The molecule has 9 nitrogen and oxygen atoms in total. The van der Waals surface area contributed by atoms with Gasteiger partial charge in [-0.1, -0.05) is 53.5 Å². The van der Waals surface area contributed by atoms with E-state index in [0.29, 0.717) is 19.4 Å². The van der Waals surface area contributed by atoms with Crippen LogP contribution in [-0.2, 0) is 25.5 Å². The highest BCUT2D eigenvalue weighted by atomic mass is 35.5. The Morgan fingerprint density at radius 2 is 1.76 bits per heavy atom. The van der Waals surface area contributed by atoms with Gasteiger partial charge in [-0.25, -0.2) is 4.79 Å². The third-order valence-corrected chi connectivity index (χ3v) is 5.78. The molecule has 0 spiro atoms. The molecule has 2 aromatic rings. The largest absolute Gasteiger partial charge is 0.505 e. The summed E-state index contributed by atoms with van der Waals surface area (Å²) in [5.74, 6) is -2.20. The molecule has 3 N–H and O–H groups in total. The number of phenolic OH excluding ortho intramolecular Hbond substituents is 1. The van der Waals surface area contributed by atoms with Crippen LogP contribution in [0.1, 0.15) is 49.5 Å². The van der Waals surface area contributed by atoms with Gasteiger partial charge in [-0.3, -0.25) is 9.59 Å². The van der Waals surface area contributed by atoms with Crippen molar-refractivity contribution in [1.29, 1.82) is 0 Å². The minimum absolute atomic E-state index is 0.0266. The lowest BCUT2D eigenvalue weighted by Crippen LogP contribution is -2.43. The molecule has 0 bridgehead atoms. The molecule has 0 radical (unpaired) electrons. The molecule has 0 unspecified atom stereocenters. The maximum absolute atomic E-state index is 12.9. The lowest BCUT2D eigenvalue weighted by atomic mass is 10.1. The number of amides is 1. The molecule has 2 rings (SSSR count). The van der Waals surface area contributed by atoms with Gasteiger partial charge in [0, 0.05) is 6.42 Å². The van der Waals surface area contributed by atoms with Gasteiger partial charge in [0.15, 0.2) is 11.5 Å². The molecule has 0 aliphatic rings. The average molecular weight is 569 g/mol. The van der Waals surface area contributed by atoms with Gasteiger partial charge in [0.2, 0.25) is 0 Å². The Kier molecular flexibility index (Phi) is 12.2. The van der Waals surface area contributed by atoms with E-state index in [0.717, 1.165) is 5.56 Å². The first kappa shape index (κ1) is 31.2. The third kappa shape index (κ3) is 10.0. The Morgan fingerprint density at radius 1 is 1.08 bits per heavy atom. The van der Waals surface area contributed by atoms with E-state index in [1.807, 2.05) is 30.3 Å². The number of nitrogens with one attached hydrogen (secondary N) is 2. The van der Waals surface area contributed by atoms with Crippen molar-refractivity contribution in [2.24, 2.45) is 0 Å². The number of hydrogen-bond donors (Lipinski definition) is 3. The van der Waals surface area contributed by atoms with Gasteiger partial charge in [0.25, 0.3) is 5.91 Å². The van der Waals surface area contributed by atoms with Crippen LogP contribution in [-0.4, -0.2) is 61.4 Å². The van der Waals surface area contributed by atoms with E-state index in [2.05, 4.69) is 10.6 Å². The SMILES string of the molecule is COC(=O)[C@H](Cc1ccccc1)NC(=O)c1cc(Cl)c(OCCCCNCC(=O)OC(C)(C)C)c(Cl)c1O. The van der Waals surface area contributed by atoms with Crippen molar-refractivity contribution >= 4 is 41.0 Å². The second-order valence-electron chi connectivity index (χ2n) is 9.46. The summed E-state index contributed by atoms with van der Waals surface area (Å²) in [6.07, 6.45) is 1.49. The fourth-order valence-electron chi connectivity index (χ4n) is 3.41. The number of unbranched alkanes of at least 4 members (excludes halogenated alkanes) is 1. The molecular formula is C27H34Cl2N2O7. The topological polar surface area (TPSA) is 123 Å². The molecule has 0 aliphatic carbocycles. The lowest BCUT2D eigenvalue weighted by molar-refractivity contribution is -0.153. The van der Waals surface area contributed by atoms with E-state index in [9.17, 15) is 19.5 Å². The van der Waals surface area contributed by atoms with E-state index in [-0.39, 0.29) is 46.9 Å². The van der Waals surface area contributed by atoms with Crippen molar-refractivity contribution in [3.05, 3.63) is 57.6 Å². The zero-order chi connectivity index (χ0) is 28.3. The lowest BCUT2D eigenvalue weighted by Gasteiger charge is -2.19. The molecule has 1 amide bonds. The summed E-state index contributed by atoms with van der Waals surface area (Å²) >= 11 is 12.6. The predicted octanol–water partition coefficient (Wildman–Crippen LogP) is 4.30. The van der Waals surface area contributed by atoms with Gasteiger partial charge in [-0.15, -0.1) is 0 Å². The summed E-state index contributed by atoms with van der Waals surface area (Å²) in [6, 6.07) is 9.34. The minimum atomic E-state index is -0.994. The minimum Gasteiger partial charge on any atom is -0.505 e. The summed E-state index contributed by atoms with van der Waals surface area (Å²) in [4.78, 5) is 36.9. The van der Waals surface area contributed by atoms with E-state index in [1.165, 1.54) is 13.2 Å². The number of rotatable bonds is 13. The maximum Gasteiger partial charge on any atom is 0.328 e. The first-order chi connectivity index (χ1) is 17.9. The number of hydrogen-bond acceptors (Lipinski definition) is 8. The van der Waals surface area contributed by atoms with Crippen molar-refractivity contribution in [3.8, 4) is 11.5 Å². The molecular weight excluding hydrogens is 535 g/mol. The summed E-state index contributed by atoms with van der Waals surface area (Å²) in [5.41, 5.74) is 0.0749. The van der Waals surface area contributed by atoms with Crippen LogP contribution in [0.15, 0.2) is 36.4 Å². The molecule has 0 saturated carbocycles. The standard InChI is InChI=1S/C27H34Cl2N2O7/c1-27(2,3)38-21(32)16-30-12-8-9-13-37-24-19(28)15-18(23(33)22(24)29)25(34)31-20(26(35)36-4)14-17-10-6-5-7-11-17/h5-7,10-11,15,20,30,33H,8-9,12-14,16H2,1-4H3,(H,31,34)/t20-/m0/s1. The molecule has 11 heteroatoms. The van der Waals surface area contributed by atoms with Crippen LogP contribution in [0.25, 0.3) is 0 Å². The first-order valence-corrected chi connectivity index (χ1v) is 12.9. The van der Waals surface area contributed by atoms with Crippen molar-refractivity contribution in [3.63, 3.8) is 0 Å². The van der Waals surface area contributed by atoms with Crippen LogP contribution < -0.4 is 15.4 Å². The van der Waals surface area contributed by atoms with Gasteiger partial charge >= 0.3 is 11.9 Å². The van der Waals surface area contributed by atoms with Crippen LogP contribution in [0.5, 0.6) is 11.5 Å². The summed E-state index contributed by atoms with van der Waals surface area (Å²) in [6.45, 7) is 6.33. The molecule has 0 fully saturated rings. The summed E-state index contributed by atoms with van der Waals surface area (Å²) in [5, 5.41) is 16.0. The number of carbonyl (C=O) groups excluding carboxylic acids is 3. The zero-order valence-electron chi connectivity index (χ0n) is 21.9. The third-order valence-electron chi connectivity index (χ3n) is 5.15. The zero-order valence-corrected chi connectivity index (χ0v) is 23.4. The molecule has 0 aliphatic heterocycles. The van der Waals surface area contributed by atoms with Crippen LogP contribution in [0.4, 0.5) is 0 Å². The van der Waals surface area contributed by atoms with Crippen molar-refractivity contribution in [2.45, 2.75) is 51.7 Å². The first-order valence-electron chi connectivity index (χ1n) is 12.1. The Labute approximate surface area is 232 Å². The molecule has 0 aromatic heterocycles. The predicted molar refractivity (Wildman–Crippen MR) is 145 cm³/mol. The number of methoxy groups -OCH3 is 1. The number of aromatic hydroxyl groups is 1. The Bertz CT molecular complexity index is 1100. The van der Waals surface area contributed by atoms with Crippen molar-refractivity contribution < 1.29 is 33.7 Å². The van der Waals surface area contributed by atoms with E-state index in [4.69, 9.17) is 37.4 Å². The average Bonchev–Trinajstić information content (AvgIpc) is 2.85. The fraction of sp³-hybridized carbons (Fsp3) is 0.444. The second-order valence-corrected chi connectivity index (χ2v) is 10.2. The van der Waals surface area contributed by atoms with Crippen molar-refractivity contribution in [1.82, 2.24) is 10.6 Å². The van der Waals surface area contributed by atoms with E-state index < -0.39 is 29.3 Å². The highest BCUT2D eigenvalue weighted by Gasteiger charge is 2.26. The smallest absolute Gasteiger partial charge is 0.328 e. The highest BCUT2D eigenvalue weighted by molar-refractivity contribution is 6.39. The van der Waals surface area contributed by atoms with Gasteiger partial charge in [-0.2, -0.15) is 0 Å². The Morgan fingerprint density at radius 3 is 2.39 bits per heavy atom. The van der Waals surface area contributed by atoms with Crippen LogP contribution in [0.3, 0.4) is 0 Å². The fourth-order valence-corrected chi connectivity index (χ4v) is 3.98. The number of ether oxygens (including phenoxy) is 3. The summed E-state index contributed by atoms with van der Waals surface area (Å²) in [7, 11) is 1.22. The molecule has 0 heterocycles. The number of esters is 2. The number of benzene rings is 2. The quantitative estimate of drug-likeness (QED) is 0.241. The number of halogens is 2. The number of phenols is 1. The molecule has 38 heavy (non-hydrogen) atoms. The van der Waals surface area contributed by atoms with Gasteiger partial charge in [0.1, 0.15) is 16.7 Å². The molecule has 2 aromatic carbocycles. The second kappa shape index (κ2) is 14.8. The Hall–Kier alpha value is -3.01. The number of carbonyl (C=O) groups is 3. The molecule has 1 atom stereocenters. The normalized spacial score (nSPS) is 11.9. The molecule has 208 valence electrons. The highest BCUT2D eigenvalue weighted by Crippen LogP contribution is 2.42. The van der Waals surface area contributed by atoms with E-state index >= 15 is 0 Å². The van der Waals surface area contributed by atoms with Gasteiger partial charge < -0.3 is 30.0 Å². The van der Waals surface area contributed by atoms with Gasteiger partial charge in [-0.05, 0) is 51.8 Å². The Balaban J connectivity index is 1.93. The summed E-state index contributed by atoms with van der Waals surface area (Å²) < 4.78 is 15.7. The van der Waals surface area contributed by atoms with Crippen LogP contribution in [0.2, 0.25) is 10.0 Å². The van der Waals surface area contributed by atoms with Crippen LogP contribution in [0, 0.1) is 0 Å². The maximum atomic E-state index is 12.9. The van der Waals surface area contributed by atoms with Crippen molar-refractivity contribution in [2.75, 3.05) is 26.8 Å². The van der Waals surface area contributed by atoms with E-state index in [1.54, 1.807) is 20.8 Å². The van der Waals surface area contributed by atoms with Crippen LogP contribution >= 0.6 is 23.2 Å².